The first kappa shape index (κ1) is 12.0. The van der Waals surface area contributed by atoms with E-state index in [-0.39, 0.29) is 0 Å². The Balaban J connectivity index is 1.92. The van der Waals surface area contributed by atoms with Crippen LogP contribution in [0.25, 0.3) is 0 Å². The standard InChI is InChI=1S/C12H21N3S/c1-3-8-13-11(7-6-10-4-5-10)12-9(2)14-15-16-12/h10-11,13H,3-8H2,1-2H3. The summed E-state index contributed by atoms with van der Waals surface area (Å²) in [5.41, 5.74) is 1.11. The van der Waals surface area contributed by atoms with Crippen LogP contribution in [-0.2, 0) is 0 Å². The fraction of sp³-hybridized carbons (Fsp3) is 0.833. The number of nitrogens with one attached hydrogen (secondary N) is 1. The third-order valence-electron chi connectivity index (χ3n) is 3.20. The molecule has 90 valence electrons. The minimum absolute atomic E-state index is 0.487. The van der Waals surface area contributed by atoms with Crippen molar-refractivity contribution < 1.29 is 0 Å². The second-order valence-corrected chi connectivity index (χ2v) is 5.54. The van der Waals surface area contributed by atoms with Crippen LogP contribution >= 0.6 is 11.5 Å². The van der Waals surface area contributed by atoms with E-state index in [0.29, 0.717) is 6.04 Å². The van der Waals surface area contributed by atoms with E-state index in [4.69, 9.17) is 0 Å². The molecule has 1 unspecified atom stereocenters. The maximum absolute atomic E-state index is 4.12. The lowest BCUT2D eigenvalue weighted by atomic mass is 10.1. The van der Waals surface area contributed by atoms with Crippen LogP contribution in [0.3, 0.4) is 0 Å². The van der Waals surface area contributed by atoms with Crippen LogP contribution in [0.15, 0.2) is 0 Å². The molecule has 1 aliphatic rings. The van der Waals surface area contributed by atoms with Crippen LogP contribution in [0.2, 0.25) is 0 Å². The van der Waals surface area contributed by atoms with Crippen molar-refractivity contribution in [3.05, 3.63) is 10.6 Å². The van der Waals surface area contributed by atoms with Crippen molar-refractivity contribution in [2.75, 3.05) is 6.54 Å². The molecule has 1 aliphatic carbocycles. The Morgan fingerprint density at radius 3 is 2.88 bits per heavy atom. The Morgan fingerprint density at radius 2 is 2.31 bits per heavy atom. The summed E-state index contributed by atoms with van der Waals surface area (Å²) < 4.78 is 4.05. The number of nitrogens with zero attached hydrogens (tertiary/aromatic N) is 2. The lowest BCUT2D eigenvalue weighted by Crippen LogP contribution is -2.22. The quantitative estimate of drug-likeness (QED) is 0.794. The van der Waals surface area contributed by atoms with E-state index in [1.54, 1.807) is 11.5 Å². The fourth-order valence-corrected chi connectivity index (χ4v) is 2.76. The van der Waals surface area contributed by atoms with Gasteiger partial charge in [-0.1, -0.05) is 24.3 Å². The molecule has 1 saturated carbocycles. The van der Waals surface area contributed by atoms with Crippen molar-refractivity contribution in [3.63, 3.8) is 0 Å². The van der Waals surface area contributed by atoms with Gasteiger partial charge in [-0.25, -0.2) is 0 Å². The van der Waals surface area contributed by atoms with E-state index < -0.39 is 0 Å². The third kappa shape index (κ3) is 3.25. The van der Waals surface area contributed by atoms with Gasteiger partial charge in [0.05, 0.1) is 10.6 Å². The highest BCUT2D eigenvalue weighted by molar-refractivity contribution is 7.05. The highest BCUT2D eigenvalue weighted by Crippen LogP contribution is 2.36. The van der Waals surface area contributed by atoms with Gasteiger partial charge in [-0.2, -0.15) is 0 Å². The zero-order valence-corrected chi connectivity index (χ0v) is 11.0. The molecule has 1 aromatic rings. The minimum Gasteiger partial charge on any atom is -0.309 e. The second-order valence-electron chi connectivity index (χ2n) is 4.75. The van der Waals surface area contributed by atoms with E-state index in [1.807, 2.05) is 0 Å². The molecule has 0 radical (unpaired) electrons. The van der Waals surface area contributed by atoms with Gasteiger partial charge in [-0.05, 0) is 50.2 Å². The van der Waals surface area contributed by atoms with E-state index in [9.17, 15) is 0 Å². The smallest absolute Gasteiger partial charge is 0.0772 e. The van der Waals surface area contributed by atoms with E-state index in [1.165, 1.54) is 37.0 Å². The molecule has 0 saturated heterocycles. The van der Waals surface area contributed by atoms with Crippen LogP contribution in [0.4, 0.5) is 0 Å². The highest BCUT2D eigenvalue weighted by Gasteiger charge is 2.24. The largest absolute Gasteiger partial charge is 0.309 e. The van der Waals surface area contributed by atoms with Gasteiger partial charge in [-0.3, -0.25) is 0 Å². The highest BCUT2D eigenvalue weighted by atomic mass is 32.1. The summed E-state index contributed by atoms with van der Waals surface area (Å²) >= 11 is 1.56. The van der Waals surface area contributed by atoms with Crippen LogP contribution in [0.5, 0.6) is 0 Å². The zero-order chi connectivity index (χ0) is 11.4. The predicted molar refractivity (Wildman–Crippen MR) is 67.6 cm³/mol. The molecule has 1 aromatic heterocycles. The molecular formula is C12H21N3S. The SMILES string of the molecule is CCCNC(CCC1CC1)c1snnc1C. The summed E-state index contributed by atoms with van der Waals surface area (Å²) in [4.78, 5) is 1.34. The molecule has 0 aromatic carbocycles. The van der Waals surface area contributed by atoms with Gasteiger partial charge in [0.25, 0.3) is 0 Å². The number of hydrogen-bond acceptors (Lipinski definition) is 4. The summed E-state index contributed by atoms with van der Waals surface area (Å²) in [6.45, 7) is 5.37. The van der Waals surface area contributed by atoms with Crippen molar-refractivity contribution in [2.24, 2.45) is 5.92 Å². The Morgan fingerprint density at radius 1 is 1.50 bits per heavy atom. The Bertz CT molecular complexity index is 320. The summed E-state index contributed by atoms with van der Waals surface area (Å²) in [6.07, 6.45) is 6.68. The Kier molecular flexibility index (Phi) is 4.29. The average Bonchev–Trinajstić information content (AvgIpc) is 3.02. The van der Waals surface area contributed by atoms with Gasteiger partial charge in [0.2, 0.25) is 0 Å². The molecule has 4 heteroatoms. The number of rotatable bonds is 7. The third-order valence-corrected chi connectivity index (χ3v) is 4.14. The lowest BCUT2D eigenvalue weighted by molar-refractivity contribution is 0.474. The molecule has 1 heterocycles. The first-order valence-electron chi connectivity index (χ1n) is 6.33. The Hall–Kier alpha value is -0.480. The molecule has 16 heavy (non-hydrogen) atoms. The molecular weight excluding hydrogens is 218 g/mol. The van der Waals surface area contributed by atoms with Crippen molar-refractivity contribution in [2.45, 2.75) is 52.0 Å². The normalized spacial score (nSPS) is 17.6. The number of aryl methyl sites for hydroxylation is 1. The molecule has 0 spiro atoms. The van der Waals surface area contributed by atoms with Crippen LogP contribution in [0, 0.1) is 12.8 Å². The molecule has 1 fully saturated rings. The van der Waals surface area contributed by atoms with Crippen LogP contribution < -0.4 is 5.32 Å². The molecule has 0 bridgehead atoms. The summed E-state index contributed by atoms with van der Waals surface area (Å²) in [5, 5.41) is 7.74. The summed E-state index contributed by atoms with van der Waals surface area (Å²) in [7, 11) is 0. The maximum Gasteiger partial charge on any atom is 0.0772 e. The van der Waals surface area contributed by atoms with Crippen LogP contribution in [-0.4, -0.2) is 16.1 Å². The number of aromatic nitrogens is 2. The van der Waals surface area contributed by atoms with E-state index >= 15 is 0 Å². The van der Waals surface area contributed by atoms with Crippen LogP contribution in [0.1, 0.15) is 55.6 Å². The molecule has 1 atom stereocenters. The first-order chi connectivity index (χ1) is 7.81. The molecule has 0 aliphatic heterocycles. The minimum atomic E-state index is 0.487. The molecule has 2 rings (SSSR count). The average molecular weight is 239 g/mol. The van der Waals surface area contributed by atoms with Gasteiger partial charge >= 0.3 is 0 Å². The summed E-state index contributed by atoms with van der Waals surface area (Å²) in [5.74, 6) is 1.01. The fourth-order valence-electron chi connectivity index (χ4n) is 2.01. The van der Waals surface area contributed by atoms with Gasteiger partial charge in [0.15, 0.2) is 0 Å². The molecule has 0 amide bonds. The monoisotopic (exact) mass is 239 g/mol. The topological polar surface area (TPSA) is 37.8 Å². The van der Waals surface area contributed by atoms with Gasteiger partial charge < -0.3 is 5.32 Å². The summed E-state index contributed by atoms with van der Waals surface area (Å²) in [6, 6.07) is 0.487. The predicted octanol–water partition coefficient (Wildman–Crippen LogP) is 3.08. The van der Waals surface area contributed by atoms with Crippen molar-refractivity contribution in [1.29, 1.82) is 0 Å². The molecule has 3 nitrogen and oxygen atoms in total. The molecule has 1 N–H and O–H groups in total. The first-order valence-corrected chi connectivity index (χ1v) is 7.10. The lowest BCUT2D eigenvalue weighted by Gasteiger charge is -2.16. The van der Waals surface area contributed by atoms with Crippen molar-refractivity contribution in [3.8, 4) is 0 Å². The van der Waals surface area contributed by atoms with E-state index in [0.717, 1.165) is 18.2 Å². The van der Waals surface area contributed by atoms with Gasteiger partial charge in [0.1, 0.15) is 0 Å². The Labute approximate surface area is 102 Å². The number of hydrogen-bond donors (Lipinski definition) is 1. The van der Waals surface area contributed by atoms with Crippen molar-refractivity contribution >= 4 is 11.5 Å². The second kappa shape index (κ2) is 5.73. The van der Waals surface area contributed by atoms with Gasteiger partial charge in [-0.15, -0.1) is 5.10 Å². The maximum atomic E-state index is 4.12. The zero-order valence-electron chi connectivity index (χ0n) is 10.2. The van der Waals surface area contributed by atoms with Crippen molar-refractivity contribution in [1.82, 2.24) is 14.9 Å². The van der Waals surface area contributed by atoms with E-state index in [2.05, 4.69) is 28.8 Å². The van der Waals surface area contributed by atoms with Gasteiger partial charge in [0, 0.05) is 6.04 Å².